The molecule has 5 aromatic rings. The van der Waals surface area contributed by atoms with E-state index >= 15 is 0 Å². The van der Waals surface area contributed by atoms with Crippen molar-refractivity contribution in [2.75, 3.05) is 36.5 Å². The third-order valence-corrected chi connectivity index (χ3v) is 7.98. The number of halogens is 1. The summed E-state index contributed by atoms with van der Waals surface area (Å²) in [6.07, 6.45) is 1.79. The molecule has 0 aliphatic carbocycles. The molecule has 1 fully saturated rings. The van der Waals surface area contributed by atoms with E-state index in [0.717, 1.165) is 81.0 Å². The Kier molecular flexibility index (Phi) is 6.87. The predicted octanol–water partition coefficient (Wildman–Crippen LogP) is 6.34. The quantitative estimate of drug-likeness (QED) is 0.199. The molecule has 194 valence electrons. The van der Waals surface area contributed by atoms with Crippen molar-refractivity contribution in [1.82, 2.24) is 19.5 Å². The lowest BCUT2D eigenvalue weighted by molar-refractivity contribution is 0.122. The number of benzene rings is 2. The molecular formula is C28H28BrN7OS. The lowest BCUT2D eigenvalue weighted by Crippen LogP contribution is -2.36. The van der Waals surface area contributed by atoms with Crippen LogP contribution in [0.15, 0.2) is 70.2 Å². The second-order valence-electron chi connectivity index (χ2n) is 9.27. The molecule has 6 rings (SSSR count). The van der Waals surface area contributed by atoms with Crippen molar-refractivity contribution >= 4 is 56.1 Å². The van der Waals surface area contributed by atoms with E-state index in [1.807, 2.05) is 24.3 Å². The number of aryl methyl sites for hydroxylation is 1. The number of hydrogen-bond donors (Lipinski definition) is 3. The summed E-state index contributed by atoms with van der Waals surface area (Å²) in [5, 5.41) is 9.25. The molecule has 1 aliphatic heterocycles. The third-order valence-electron chi connectivity index (χ3n) is 6.86. The van der Waals surface area contributed by atoms with Gasteiger partial charge < -0.3 is 24.5 Å². The largest absolute Gasteiger partial charge is 0.378 e. The number of hydrogen-bond acceptors (Lipinski definition) is 7. The Labute approximate surface area is 233 Å². The van der Waals surface area contributed by atoms with Gasteiger partial charge in [-0.15, -0.1) is 0 Å². The molecule has 4 heterocycles. The maximum atomic E-state index is 5.76. The summed E-state index contributed by atoms with van der Waals surface area (Å²) in [7, 11) is 0. The smallest absolute Gasteiger partial charge is 0.159 e. The van der Waals surface area contributed by atoms with Crippen LogP contribution in [0.3, 0.4) is 0 Å². The topological polar surface area (TPSA) is 97.0 Å². The summed E-state index contributed by atoms with van der Waals surface area (Å²) in [6.45, 7) is 7.61. The maximum Gasteiger partial charge on any atom is 0.159 e. The van der Waals surface area contributed by atoms with Gasteiger partial charge in [-0.2, -0.15) is 0 Å². The first kappa shape index (κ1) is 25.0. The fourth-order valence-electron chi connectivity index (χ4n) is 5.02. The standard InChI is InChI=1S/C28H28BrN7OS/c1-17-13-23(18(2)36(17)21-7-4-6-20(15-21)35-9-11-37-12-10-35)27-33-26-25(24(29)16-31-28(26)34-27)32-19-5-3-8-22(14-19)38-30/h3-8,13-16H,9-12,30H2,1-2H3,(H2,31,32,33,34). The number of ether oxygens (including phenoxy) is 1. The molecule has 4 N–H and O–H groups in total. The van der Waals surface area contributed by atoms with Crippen molar-refractivity contribution in [1.29, 1.82) is 0 Å². The number of aromatic amines is 1. The minimum absolute atomic E-state index is 0.717. The lowest BCUT2D eigenvalue weighted by atomic mass is 10.2. The first-order chi connectivity index (χ1) is 18.5. The highest BCUT2D eigenvalue weighted by atomic mass is 79.9. The highest BCUT2D eigenvalue weighted by molar-refractivity contribution is 9.10. The lowest BCUT2D eigenvalue weighted by Gasteiger charge is -2.29. The predicted molar refractivity (Wildman–Crippen MR) is 159 cm³/mol. The van der Waals surface area contributed by atoms with E-state index in [-0.39, 0.29) is 0 Å². The summed E-state index contributed by atoms with van der Waals surface area (Å²) >= 11 is 4.87. The normalized spacial score (nSPS) is 13.8. The molecule has 0 spiro atoms. The number of aromatic nitrogens is 4. The van der Waals surface area contributed by atoms with Gasteiger partial charge in [-0.1, -0.05) is 12.1 Å². The van der Waals surface area contributed by atoms with E-state index in [4.69, 9.17) is 14.9 Å². The van der Waals surface area contributed by atoms with Crippen molar-refractivity contribution in [2.24, 2.45) is 5.14 Å². The van der Waals surface area contributed by atoms with E-state index in [1.54, 1.807) is 6.20 Å². The zero-order valence-corrected chi connectivity index (χ0v) is 23.6. The van der Waals surface area contributed by atoms with E-state index < -0.39 is 0 Å². The van der Waals surface area contributed by atoms with Gasteiger partial charge in [-0.25, -0.2) is 9.97 Å². The Morgan fingerprint density at radius 2 is 1.84 bits per heavy atom. The zero-order valence-electron chi connectivity index (χ0n) is 21.2. The van der Waals surface area contributed by atoms with Crippen LogP contribution in [-0.2, 0) is 4.74 Å². The molecule has 1 aliphatic rings. The maximum absolute atomic E-state index is 5.76. The third kappa shape index (κ3) is 4.69. The Hall–Kier alpha value is -3.31. The summed E-state index contributed by atoms with van der Waals surface area (Å²) in [5.41, 5.74) is 8.90. The van der Waals surface area contributed by atoms with Crippen LogP contribution in [0.1, 0.15) is 11.4 Å². The van der Waals surface area contributed by atoms with Gasteiger partial charge in [0.2, 0.25) is 0 Å². The number of anilines is 3. The zero-order chi connectivity index (χ0) is 26.2. The van der Waals surface area contributed by atoms with Crippen LogP contribution in [0, 0.1) is 13.8 Å². The molecule has 0 bridgehead atoms. The van der Waals surface area contributed by atoms with Crippen molar-refractivity contribution in [2.45, 2.75) is 18.7 Å². The SMILES string of the molecule is Cc1cc(-c2nc3c(Nc4cccc(SN)c4)c(Br)cnc3[nH]2)c(C)n1-c1cccc(N2CCOCC2)c1. The Balaban J connectivity index is 1.38. The van der Waals surface area contributed by atoms with Crippen molar-refractivity contribution in [3.05, 3.63) is 76.7 Å². The van der Waals surface area contributed by atoms with Crippen LogP contribution < -0.4 is 15.4 Å². The molecule has 0 radical (unpaired) electrons. The van der Waals surface area contributed by atoms with Gasteiger partial charge in [0.05, 0.1) is 23.4 Å². The molecule has 8 nitrogen and oxygen atoms in total. The Morgan fingerprint density at radius 1 is 1.05 bits per heavy atom. The number of nitrogens with zero attached hydrogens (tertiary/aromatic N) is 4. The number of rotatable bonds is 6. The van der Waals surface area contributed by atoms with Crippen LogP contribution >= 0.6 is 27.9 Å². The van der Waals surface area contributed by atoms with Gasteiger partial charge >= 0.3 is 0 Å². The van der Waals surface area contributed by atoms with Crippen LogP contribution in [0.4, 0.5) is 17.1 Å². The van der Waals surface area contributed by atoms with Crippen molar-refractivity contribution < 1.29 is 4.74 Å². The number of imidazole rings is 1. The molecule has 0 amide bonds. The van der Waals surface area contributed by atoms with Gasteiger partial charge in [-0.05, 0) is 84.2 Å². The summed E-state index contributed by atoms with van der Waals surface area (Å²) in [4.78, 5) is 16.4. The molecule has 0 atom stereocenters. The molecule has 3 aromatic heterocycles. The molecular weight excluding hydrogens is 562 g/mol. The van der Waals surface area contributed by atoms with Crippen LogP contribution in [0.25, 0.3) is 28.2 Å². The Morgan fingerprint density at radius 3 is 2.66 bits per heavy atom. The van der Waals surface area contributed by atoms with Crippen LogP contribution in [-0.4, -0.2) is 45.8 Å². The monoisotopic (exact) mass is 589 g/mol. The number of nitrogens with one attached hydrogen (secondary N) is 2. The van der Waals surface area contributed by atoms with Crippen LogP contribution in [0.5, 0.6) is 0 Å². The first-order valence-electron chi connectivity index (χ1n) is 12.4. The van der Waals surface area contributed by atoms with E-state index in [1.165, 1.54) is 17.6 Å². The minimum Gasteiger partial charge on any atom is -0.378 e. The summed E-state index contributed by atoms with van der Waals surface area (Å²) in [6, 6.07) is 18.8. The first-order valence-corrected chi connectivity index (χ1v) is 14.1. The van der Waals surface area contributed by atoms with Crippen molar-refractivity contribution in [3.63, 3.8) is 0 Å². The van der Waals surface area contributed by atoms with E-state index in [9.17, 15) is 0 Å². The molecule has 1 saturated heterocycles. The summed E-state index contributed by atoms with van der Waals surface area (Å²) in [5.74, 6) is 0.781. The molecule has 2 aromatic carbocycles. The van der Waals surface area contributed by atoms with Gasteiger partial charge in [-0.3, -0.25) is 5.14 Å². The average Bonchev–Trinajstić information content (AvgIpc) is 3.51. The molecule has 10 heteroatoms. The molecule has 0 saturated carbocycles. The number of H-pyrrole nitrogens is 1. The second kappa shape index (κ2) is 10.5. The van der Waals surface area contributed by atoms with Gasteiger partial charge in [0.1, 0.15) is 11.3 Å². The van der Waals surface area contributed by atoms with E-state index in [0.29, 0.717) is 5.65 Å². The fourth-order valence-corrected chi connectivity index (χ4v) is 5.76. The minimum atomic E-state index is 0.717. The molecule has 0 unspecified atom stereocenters. The highest BCUT2D eigenvalue weighted by Gasteiger charge is 2.19. The number of fused-ring (bicyclic) bond motifs is 1. The van der Waals surface area contributed by atoms with Crippen LogP contribution in [0.2, 0.25) is 0 Å². The van der Waals surface area contributed by atoms with Crippen molar-refractivity contribution in [3.8, 4) is 17.1 Å². The van der Waals surface area contributed by atoms with Gasteiger partial charge in [0.15, 0.2) is 5.65 Å². The number of pyridine rings is 1. The summed E-state index contributed by atoms with van der Waals surface area (Å²) < 4.78 is 8.65. The fraction of sp³-hybridized carbons (Fsp3) is 0.214. The van der Waals surface area contributed by atoms with Gasteiger partial charge in [0.25, 0.3) is 0 Å². The van der Waals surface area contributed by atoms with E-state index in [2.05, 4.69) is 84.9 Å². The number of morpholine rings is 1. The molecule has 38 heavy (non-hydrogen) atoms. The highest BCUT2D eigenvalue weighted by Crippen LogP contribution is 2.35. The second-order valence-corrected chi connectivity index (χ2v) is 10.8. The Bertz CT molecular complexity index is 1620. The van der Waals surface area contributed by atoms with Gasteiger partial charge in [0, 0.05) is 58.2 Å². The number of nitrogens with two attached hydrogens (primary N) is 1. The average molecular weight is 591 g/mol.